The molecule has 1 aliphatic rings. The Bertz CT molecular complexity index is 223. The Hall–Kier alpha value is -0.770. The third-order valence-electron chi connectivity index (χ3n) is 2.54. The largest absolute Gasteiger partial charge is 0.444 e. The molecule has 4 heteroatoms. The molecule has 0 aromatic heterocycles. The summed E-state index contributed by atoms with van der Waals surface area (Å²) < 4.78 is 5.25. The van der Waals surface area contributed by atoms with Crippen molar-refractivity contribution in [2.45, 2.75) is 39.3 Å². The lowest BCUT2D eigenvalue weighted by molar-refractivity contribution is -0.0227. The molecule has 0 bridgehead atoms. The highest BCUT2D eigenvalue weighted by Crippen LogP contribution is 2.25. The van der Waals surface area contributed by atoms with Crippen LogP contribution in [0.5, 0.6) is 0 Å². The molecule has 0 saturated carbocycles. The van der Waals surface area contributed by atoms with Crippen LogP contribution in [0.25, 0.3) is 0 Å². The van der Waals surface area contributed by atoms with E-state index in [0.29, 0.717) is 12.5 Å². The van der Waals surface area contributed by atoms with Crippen LogP contribution >= 0.6 is 0 Å². The predicted molar refractivity (Wildman–Crippen MR) is 54.9 cm³/mol. The molecule has 82 valence electrons. The van der Waals surface area contributed by atoms with Gasteiger partial charge in [0.25, 0.3) is 0 Å². The first-order valence-corrected chi connectivity index (χ1v) is 5.05. The predicted octanol–water partition coefficient (Wildman–Crippen LogP) is 1.20. The van der Waals surface area contributed by atoms with E-state index in [4.69, 9.17) is 10.5 Å². The zero-order chi connectivity index (χ0) is 10.9. The zero-order valence-corrected chi connectivity index (χ0v) is 9.41. The van der Waals surface area contributed by atoms with Gasteiger partial charge in [0.05, 0.1) is 0 Å². The number of rotatable bonds is 1. The van der Waals surface area contributed by atoms with E-state index in [-0.39, 0.29) is 12.1 Å². The number of carbonyl (C=O) groups excluding carboxylic acids is 1. The van der Waals surface area contributed by atoms with E-state index in [2.05, 4.69) is 0 Å². The number of ether oxygens (including phenoxy) is 1. The van der Waals surface area contributed by atoms with E-state index >= 15 is 0 Å². The summed E-state index contributed by atoms with van der Waals surface area (Å²) in [5, 5.41) is 0. The number of carbonyl (C=O) groups is 1. The van der Waals surface area contributed by atoms with Crippen molar-refractivity contribution in [3.05, 3.63) is 0 Å². The average Bonchev–Trinajstić information content (AvgIpc) is 1.99. The van der Waals surface area contributed by atoms with Gasteiger partial charge in [-0.2, -0.15) is 0 Å². The maximum atomic E-state index is 11.6. The number of hydrogen-bond donors (Lipinski definition) is 1. The maximum absolute atomic E-state index is 11.6. The Kier molecular flexibility index (Phi) is 3.04. The van der Waals surface area contributed by atoms with Crippen molar-refractivity contribution in [2.75, 3.05) is 13.1 Å². The van der Waals surface area contributed by atoms with E-state index in [1.165, 1.54) is 0 Å². The molecule has 2 unspecified atom stereocenters. The normalized spacial score (nSPS) is 27.1. The summed E-state index contributed by atoms with van der Waals surface area (Å²) in [6.07, 6.45) is -0.227. The molecule has 1 fully saturated rings. The van der Waals surface area contributed by atoms with Crippen LogP contribution in [0.4, 0.5) is 4.79 Å². The van der Waals surface area contributed by atoms with Gasteiger partial charge in [0, 0.05) is 18.5 Å². The van der Waals surface area contributed by atoms with Gasteiger partial charge in [-0.3, -0.25) is 0 Å². The molecule has 0 aliphatic carbocycles. The second kappa shape index (κ2) is 3.77. The smallest absolute Gasteiger partial charge is 0.410 e. The molecule has 14 heavy (non-hydrogen) atoms. The summed E-state index contributed by atoms with van der Waals surface area (Å²) in [6, 6.07) is 0.217. The Balaban J connectivity index is 2.42. The van der Waals surface area contributed by atoms with E-state index in [0.717, 1.165) is 6.54 Å². The van der Waals surface area contributed by atoms with Crippen molar-refractivity contribution in [3.8, 4) is 0 Å². The van der Waals surface area contributed by atoms with Gasteiger partial charge in [-0.1, -0.05) is 0 Å². The van der Waals surface area contributed by atoms with Gasteiger partial charge < -0.3 is 15.4 Å². The molecule has 1 rings (SSSR count). The molecule has 1 aliphatic heterocycles. The van der Waals surface area contributed by atoms with Crippen molar-refractivity contribution in [1.29, 1.82) is 0 Å². The standard InChI is InChI=1S/C10H20N2O2/c1-7-8(5-11)6-12(7)9(13)14-10(2,3)4/h7-8H,5-6,11H2,1-4H3. The first kappa shape index (κ1) is 11.3. The second-order valence-corrected chi connectivity index (χ2v) is 4.87. The van der Waals surface area contributed by atoms with Crippen molar-refractivity contribution < 1.29 is 9.53 Å². The van der Waals surface area contributed by atoms with Gasteiger partial charge in [0.15, 0.2) is 0 Å². The number of likely N-dealkylation sites (tertiary alicyclic amines) is 1. The first-order chi connectivity index (χ1) is 6.35. The van der Waals surface area contributed by atoms with Crippen molar-refractivity contribution >= 4 is 6.09 Å². The fourth-order valence-corrected chi connectivity index (χ4v) is 1.52. The fourth-order valence-electron chi connectivity index (χ4n) is 1.52. The highest BCUT2D eigenvalue weighted by atomic mass is 16.6. The Labute approximate surface area is 85.4 Å². The molecule has 0 aromatic carbocycles. The molecule has 4 nitrogen and oxygen atoms in total. The lowest BCUT2D eigenvalue weighted by atomic mass is 9.91. The average molecular weight is 200 g/mol. The highest BCUT2D eigenvalue weighted by Gasteiger charge is 2.39. The number of nitrogens with zero attached hydrogens (tertiary/aromatic N) is 1. The Morgan fingerprint density at radius 3 is 2.50 bits per heavy atom. The summed E-state index contributed by atoms with van der Waals surface area (Å²) in [7, 11) is 0. The monoisotopic (exact) mass is 200 g/mol. The highest BCUT2D eigenvalue weighted by molar-refractivity contribution is 5.69. The second-order valence-electron chi connectivity index (χ2n) is 4.87. The SMILES string of the molecule is CC1C(CN)CN1C(=O)OC(C)(C)C. The van der Waals surface area contributed by atoms with Gasteiger partial charge in [0.2, 0.25) is 0 Å². The van der Waals surface area contributed by atoms with Crippen LogP contribution in [-0.4, -0.2) is 35.7 Å². The molecule has 1 amide bonds. The number of nitrogens with two attached hydrogens (primary N) is 1. The van der Waals surface area contributed by atoms with E-state index < -0.39 is 5.60 Å². The van der Waals surface area contributed by atoms with Crippen molar-refractivity contribution in [1.82, 2.24) is 4.90 Å². The molecular weight excluding hydrogens is 180 g/mol. The summed E-state index contributed by atoms with van der Waals surface area (Å²) in [4.78, 5) is 13.3. The van der Waals surface area contributed by atoms with E-state index in [1.54, 1.807) is 4.90 Å². The molecule has 2 atom stereocenters. The number of amides is 1. The Morgan fingerprint density at radius 1 is 1.57 bits per heavy atom. The minimum Gasteiger partial charge on any atom is -0.444 e. The van der Waals surface area contributed by atoms with Gasteiger partial charge in [-0.15, -0.1) is 0 Å². The molecule has 1 heterocycles. The summed E-state index contributed by atoms with van der Waals surface area (Å²) >= 11 is 0. The zero-order valence-electron chi connectivity index (χ0n) is 9.41. The van der Waals surface area contributed by atoms with Crippen molar-refractivity contribution in [3.63, 3.8) is 0 Å². The minimum atomic E-state index is -0.412. The van der Waals surface area contributed by atoms with Gasteiger partial charge in [-0.25, -0.2) is 4.79 Å². The minimum absolute atomic E-state index is 0.217. The lowest BCUT2D eigenvalue weighted by Crippen LogP contribution is -2.60. The van der Waals surface area contributed by atoms with E-state index in [9.17, 15) is 4.79 Å². The quantitative estimate of drug-likeness (QED) is 0.692. The van der Waals surface area contributed by atoms with Crippen LogP contribution in [0.1, 0.15) is 27.7 Å². The molecule has 2 N–H and O–H groups in total. The number of hydrogen-bond acceptors (Lipinski definition) is 3. The molecule has 0 spiro atoms. The fraction of sp³-hybridized carbons (Fsp3) is 0.900. The van der Waals surface area contributed by atoms with Crippen LogP contribution in [0.15, 0.2) is 0 Å². The lowest BCUT2D eigenvalue weighted by Gasteiger charge is -2.45. The third-order valence-corrected chi connectivity index (χ3v) is 2.54. The van der Waals surface area contributed by atoms with Crippen LogP contribution < -0.4 is 5.73 Å². The summed E-state index contributed by atoms with van der Waals surface area (Å²) in [6.45, 7) is 8.99. The Morgan fingerprint density at radius 2 is 2.14 bits per heavy atom. The topological polar surface area (TPSA) is 55.6 Å². The molecule has 0 radical (unpaired) electrons. The third kappa shape index (κ3) is 2.38. The van der Waals surface area contributed by atoms with Gasteiger partial charge in [-0.05, 0) is 34.2 Å². The van der Waals surface area contributed by atoms with Crippen LogP contribution in [-0.2, 0) is 4.74 Å². The molecule has 0 aromatic rings. The van der Waals surface area contributed by atoms with Gasteiger partial charge in [0.1, 0.15) is 5.60 Å². The van der Waals surface area contributed by atoms with E-state index in [1.807, 2.05) is 27.7 Å². The summed E-state index contributed by atoms with van der Waals surface area (Å²) in [5.74, 6) is 0.433. The maximum Gasteiger partial charge on any atom is 0.410 e. The van der Waals surface area contributed by atoms with Crippen LogP contribution in [0.2, 0.25) is 0 Å². The van der Waals surface area contributed by atoms with Crippen LogP contribution in [0, 0.1) is 5.92 Å². The van der Waals surface area contributed by atoms with Gasteiger partial charge >= 0.3 is 6.09 Å². The van der Waals surface area contributed by atoms with Crippen molar-refractivity contribution in [2.24, 2.45) is 11.7 Å². The van der Waals surface area contributed by atoms with Crippen LogP contribution in [0.3, 0.4) is 0 Å². The molecule has 1 saturated heterocycles. The summed E-state index contributed by atoms with van der Waals surface area (Å²) in [5.41, 5.74) is 5.12. The first-order valence-electron chi connectivity index (χ1n) is 5.05. The molecular formula is C10H20N2O2.